The Morgan fingerprint density at radius 2 is 2.06 bits per heavy atom. The first-order valence-corrected chi connectivity index (χ1v) is 9.99. The number of aromatic nitrogens is 2. The lowest BCUT2D eigenvalue weighted by Crippen LogP contribution is -2.16. The fraction of sp³-hybridized carbons (Fsp3) is 0.292. The predicted molar refractivity (Wildman–Crippen MR) is 125 cm³/mol. The number of aliphatic hydroxyl groups is 1. The fourth-order valence-corrected chi connectivity index (χ4v) is 2.83. The van der Waals surface area contributed by atoms with E-state index in [1.165, 1.54) is 0 Å². The van der Waals surface area contributed by atoms with Gasteiger partial charge in [-0.25, -0.2) is 9.97 Å². The van der Waals surface area contributed by atoms with Crippen LogP contribution in [0.5, 0.6) is 0 Å². The summed E-state index contributed by atoms with van der Waals surface area (Å²) < 4.78 is 0. The Balaban J connectivity index is 2.13. The van der Waals surface area contributed by atoms with Crippen molar-refractivity contribution in [1.29, 1.82) is 5.26 Å². The molecule has 0 spiro atoms. The molecule has 0 unspecified atom stereocenters. The molecule has 0 aliphatic carbocycles. The van der Waals surface area contributed by atoms with Crippen LogP contribution in [-0.2, 0) is 0 Å². The molecule has 1 aromatic heterocycles. The maximum absolute atomic E-state index is 9.71. The molecule has 0 aliphatic rings. The van der Waals surface area contributed by atoms with Crippen LogP contribution in [0.15, 0.2) is 54.3 Å². The highest BCUT2D eigenvalue weighted by atomic mass is 16.3. The number of nitriles is 1. The molecular formula is C24H30N6O. The first kappa shape index (κ1) is 23.6. The van der Waals surface area contributed by atoms with Gasteiger partial charge in [-0.15, -0.1) is 0 Å². The summed E-state index contributed by atoms with van der Waals surface area (Å²) in [7, 11) is 0. The van der Waals surface area contributed by atoms with Gasteiger partial charge in [0.2, 0.25) is 5.95 Å². The molecule has 0 saturated carbocycles. The van der Waals surface area contributed by atoms with Crippen LogP contribution < -0.4 is 16.8 Å². The highest BCUT2D eigenvalue weighted by molar-refractivity contribution is 5.71. The SMILES string of the molecule is C/C(=C\C=C/CC(C)(C)O)CN/C=C(\N)c1cc(-c2cccc(C#N)c2C)nc(N)n1. The Morgan fingerprint density at radius 1 is 1.32 bits per heavy atom. The normalized spacial score (nSPS) is 12.8. The summed E-state index contributed by atoms with van der Waals surface area (Å²) in [6, 6.07) is 9.40. The van der Waals surface area contributed by atoms with Gasteiger partial charge in [-0.1, -0.05) is 35.9 Å². The van der Waals surface area contributed by atoms with Gasteiger partial charge in [0.1, 0.15) is 0 Å². The molecule has 1 heterocycles. The molecule has 31 heavy (non-hydrogen) atoms. The predicted octanol–water partition coefficient (Wildman–Crippen LogP) is 3.42. The summed E-state index contributed by atoms with van der Waals surface area (Å²) >= 11 is 0. The summed E-state index contributed by atoms with van der Waals surface area (Å²) in [5.41, 5.74) is 16.3. The van der Waals surface area contributed by atoms with Crippen LogP contribution in [0.25, 0.3) is 17.0 Å². The molecule has 162 valence electrons. The second-order valence-corrected chi connectivity index (χ2v) is 8.02. The molecule has 2 rings (SSSR count). The smallest absolute Gasteiger partial charge is 0.221 e. The minimum Gasteiger partial charge on any atom is -0.396 e. The van der Waals surface area contributed by atoms with E-state index in [1.807, 2.05) is 44.2 Å². The van der Waals surface area contributed by atoms with Crippen LogP contribution in [0.4, 0.5) is 5.95 Å². The van der Waals surface area contributed by atoms with E-state index < -0.39 is 5.60 Å². The second kappa shape index (κ2) is 10.4. The maximum Gasteiger partial charge on any atom is 0.221 e. The molecular weight excluding hydrogens is 388 g/mol. The molecule has 0 fully saturated rings. The van der Waals surface area contributed by atoms with Crippen molar-refractivity contribution in [2.24, 2.45) is 5.73 Å². The third-order valence-corrected chi connectivity index (χ3v) is 4.54. The number of allylic oxidation sites excluding steroid dienone is 2. The fourth-order valence-electron chi connectivity index (χ4n) is 2.83. The molecule has 7 heteroatoms. The molecule has 0 saturated heterocycles. The highest BCUT2D eigenvalue weighted by Gasteiger charge is 2.11. The summed E-state index contributed by atoms with van der Waals surface area (Å²) in [6.07, 6.45) is 8.11. The molecule has 7 nitrogen and oxygen atoms in total. The largest absolute Gasteiger partial charge is 0.396 e. The van der Waals surface area contributed by atoms with Crippen molar-refractivity contribution in [2.75, 3.05) is 12.3 Å². The van der Waals surface area contributed by atoms with Crippen LogP contribution in [0, 0.1) is 18.3 Å². The van der Waals surface area contributed by atoms with Crippen LogP contribution in [0.2, 0.25) is 0 Å². The zero-order chi connectivity index (χ0) is 23.0. The van der Waals surface area contributed by atoms with Crippen molar-refractivity contribution in [1.82, 2.24) is 15.3 Å². The van der Waals surface area contributed by atoms with Gasteiger partial charge >= 0.3 is 0 Å². The number of nitrogens with two attached hydrogens (primary N) is 2. The number of nitrogens with one attached hydrogen (secondary N) is 1. The first-order valence-electron chi connectivity index (χ1n) is 9.99. The van der Waals surface area contributed by atoms with Crippen molar-refractivity contribution in [2.45, 2.75) is 39.7 Å². The Morgan fingerprint density at radius 3 is 2.74 bits per heavy atom. The first-order chi connectivity index (χ1) is 14.6. The molecule has 6 N–H and O–H groups in total. The second-order valence-electron chi connectivity index (χ2n) is 8.02. The van der Waals surface area contributed by atoms with Gasteiger partial charge in [0.05, 0.1) is 34.3 Å². The Hall–Kier alpha value is -3.63. The van der Waals surface area contributed by atoms with Gasteiger partial charge in [-0.3, -0.25) is 0 Å². The summed E-state index contributed by atoms with van der Waals surface area (Å²) in [4.78, 5) is 8.54. The van der Waals surface area contributed by atoms with E-state index in [1.54, 1.807) is 32.2 Å². The van der Waals surface area contributed by atoms with E-state index in [2.05, 4.69) is 21.4 Å². The topological polar surface area (TPSA) is 134 Å². The molecule has 0 amide bonds. The Kier molecular flexibility index (Phi) is 7.94. The van der Waals surface area contributed by atoms with Gasteiger partial charge in [-0.05, 0) is 51.8 Å². The third kappa shape index (κ3) is 7.28. The minimum atomic E-state index is -0.708. The minimum absolute atomic E-state index is 0.110. The van der Waals surface area contributed by atoms with E-state index in [0.29, 0.717) is 35.6 Å². The van der Waals surface area contributed by atoms with Crippen molar-refractivity contribution < 1.29 is 5.11 Å². The van der Waals surface area contributed by atoms with E-state index >= 15 is 0 Å². The lowest BCUT2D eigenvalue weighted by molar-refractivity contribution is 0.0839. The molecule has 0 bridgehead atoms. The van der Waals surface area contributed by atoms with Gasteiger partial charge < -0.3 is 21.9 Å². The average Bonchev–Trinajstić information content (AvgIpc) is 2.70. The monoisotopic (exact) mass is 418 g/mol. The van der Waals surface area contributed by atoms with Crippen molar-refractivity contribution in [3.05, 3.63) is 71.1 Å². The van der Waals surface area contributed by atoms with Gasteiger partial charge in [0, 0.05) is 18.3 Å². The summed E-state index contributed by atoms with van der Waals surface area (Å²) in [5, 5.41) is 22.1. The molecule has 1 aromatic carbocycles. The number of hydrogen-bond donors (Lipinski definition) is 4. The zero-order valence-corrected chi connectivity index (χ0v) is 18.5. The van der Waals surface area contributed by atoms with E-state index in [4.69, 9.17) is 11.5 Å². The van der Waals surface area contributed by atoms with Gasteiger partial charge in [0.15, 0.2) is 0 Å². The van der Waals surface area contributed by atoms with Crippen LogP contribution in [0.1, 0.15) is 44.0 Å². The van der Waals surface area contributed by atoms with Gasteiger partial charge in [0.25, 0.3) is 0 Å². The number of hydrogen-bond acceptors (Lipinski definition) is 7. The Bertz CT molecular complexity index is 1050. The lowest BCUT2D eigenvalue weighted by atomic mass is 10.00. The molecule has 0 aliphatic heterocycles. The highest BCUT2D eigenvalue weighted by Crippen LogP contribution is 2.25. The van der Waals surface area contributed by atoms with Crippen LogP contribution in [-0.4, -0.2) is 27.2 Å². The Labute approximate surface area is 183 Å². The van der Waals surface area contributed by atoms with Crippen LogP contribution >= 0.6 is 0 Å². The number of anilines is 1. The molecule has 2 aromatic rings. The quantitative estimate of drug-likeness (QED) is 0.483. The maximum atomic E-state index is 9.71. The van der Waals surface area contributed by atoms with E-state index in [9.17, 15) is 10.4 Å². The summed E-state index contributed by atoms with van der Waals surface area (Å²) in [6.45, 7) is 8.02. The molecule has 0 radical (unpaired) electrons. The molecule has 0 atom stereocenters. The van der Waals surface area contributed by atoms with Crippen molar-refractivity contribution >= 4 is 11.6 Å². The zero-order valence-electron chi connectivity index (χ0n) is 18.5. The standard InChI is InChI=1S/C24H30N6O/c1-16(8-5-6-11-24(3,4)31)14-28-15-20(26)22-12-21(29-23(27)30-22)19-10-7-9-18(13-25)17(19)2/h5-10,12,15,28,31H,11,14,26H2,1-4H3,(H2,27,29,30)/b6-5-,16-8+,20-15-. The van der Waals surface area contributed by atoms with E-state index in [0.717, 1.165) is 16.7 Å². The number of nitrogens with zero attached hydrogens (tertiary/aromatic N) is 3. The van der Waals surface area contributed by atoms with Crippen molar-refractivity contribution in [3.63, 3.8) is 0 Å². The third-order valence-electron chi connectivity index (χ3n) is 4.54. The average molecular weight is 419 g/mol. The number of rotatable bonds is 8. The summed E-state index contributed by atoms with van der Waals surface area (Å²) in [5.74, 6) is 0.110. The lowest BCUT2D eigenvalue weighted by Gasteiger charge is -2.13. The van der Waals surface area contributed by atoms with Gasteiger partial charge in [-0.2, -0.15) is 5.26 Å². The number of benzene rings is 1. The number of nitrogen functional groups attached to an aromatic ring is 1. The van der Waals surface area contributed by atoms with E-state index in [-0.39, 0.29) is 5.95 Å². The van der Waals surface area contributed by atoms with Crippen LogP contribution in [0.3, 0.4) is 0 Å². The van der Waals surface area contributed by atoms with Crippen molar-refractivity contribution in [3.8, 4) is 17.3 Å².